The van der Waals surface area contributed by atoms with Crippen LogP contribution in [-0.2, 0) is 4.79 Å². The van der Waals surface area contributed by atoms with Crippen molar-refractivity contribution in [3.63, 3.8) is 0 Å². The van der Waals surface area contributed by atoms with Crippen molar-refractivity contribution in [2.24, 2.45) is 0 Å². The highest BCUT2D eigenvalue weighted by Gasteiger charge is 2.21. The molecule has 3 nitrogen and oxygen atoms in total. The molecule has 1 N–H and O–H groups in total. The Morgan fingerprint density at radius 3 is 2.48 bits per heavy atom. The molecule has 0 spiro atoms. The first-order valence-corrected chi connectivity index (χ1v) is 6.83. The van der Waals surface area contributed by atoms with Crippen molar-refractivity contribution in [3.8, 4) is 0 Å². The van der Waals surface area contributed by atoms with E-state index in [1.807, 2.05) is 68.1 Å². The Balaban J connectivity index is 0.00000220. The number of pyridine rings is 1. The van der Waals surface area contributed by atoms with Crippen molar-refractivity contribution >= 4 is 11.6 Å². The second-order valence-corrected chi connectivity index (χ2v) is 5.29. The van der Waals surface area contributed by atoms with Crippen molar-refractivity contribution in [1.29, 1.82) is 0 Å². The molecule has 1 atom stereocenters. The van der Waals surface area contributed by atoms with E-state index in [0.29, 0.717) is 0 Å². The Bertz CT molecular complexity index is 640. The number of hydrogen-bond donors (Lipinski definition) is 1. The molecule has 2 aromatic rings. The van der Waals surface area contributed by atoms with Crippen molar-refractivity contribution < 1.29 is 26.3 Å². The molecule has 1 aromatic carbocycles. The van der Waals surface area contributed by atoms with Crippen LogP contribution in [0.1, 0.15) is 29.7 Å². The monoisotopic (exact) mass is 348 g/mol. The number of amides is 1. The van der Waals surface area contributed by atoms with Crippen LogP contribution in [0.2, 0.25) is 0 Å². The van der Waals surface area contributed by atoms with Gasteiger partial charge in [-0.1, -0.05) is 6.07 Å². The minimum Gasteiger partial charge on any atom is -1.00 e. The molecule has 2 rings (SSSR count). The Kier molecular flexibility index (Phi) is 6.09. The lowest BCUT2D eigenvalue weighted by Crippen LogP contribution is -3.00. The minimum absolute atomic E-state index is 0. The highest BCUT2D eigenvalue weighted by atomic mass is 79.9. The Morgan fingerprint density at radius 2 is 1.86 bits per heavy atom. The van der Waals surface area contributed by atoms with E-state index in [4.69, 9.17) is 0 Å². The van der Waals surface area contributed by atoms with Gasteiger partial charge in [-0.25, -0.2) is 0 Å². The van der Waals surface area contributed by atoms with Crippen LogP contribution in [0.25, 0.3) is 0 Å². The Hall–Kier alpha value is -1.68. The summed E-state index contributed by atoms with van der Waals surface area (Å²) in [6.45, 7) is 8.02. The van der Waals surface area contributed by atoms with Gasteiger partial charge in [0.25, 0.3) is 5.91 Å². The first-order chi connectivity index (χ1) is 9.47. The molecule has 0 aliphatic rings. The molecule has 0 fully saturated rings. The molecule has 1 unspecified atom stereocenters. The van der Waals surface area contributed by atoms with E-state index in [1.165, 1.54) is 11.1 Å². The van der Waals surface area contributed by atoms with Gasteiger partial charge in [-0.05, 0) is 50.1 Å². The SMILES string of the molecule is Cc1ccc[n+](C(C)C(=O)Nc2ccc(C)c(C)c2)c1.[Br-]. The number of aryl methyl sites for hydroxylation is 3. The fourth-order valence-electron chi connectivity index (χ4n) is 2.06. The lowest BCUT2D eigenvalue weighted by atomic mass is 10.1. The molecule has 0 saturated heterocycles. The maximum Gasteiger partial charge on any atom is 0.293 e. The number of nitrogens with one attached hydrogen (secondary N) is 1. The predicted molar refractivity (Wildman–Crippen MR) is 80.6 cm³/mol. The van der Waals surface area contributed by atoms with Crippen LogP contribution in [0, 0.1) is 20.8 Å². The third-order valence-corrected chi connectivity index (χ3v) is 3.57. The molecule has 0 saturated carbocycles. The third-order valence-electron chi connectivity index (χ3n) is 3.57. The molecule has 0 aliphatic heterocycles. The normalized spacial score (nSPS) is 11.4. The van der Waals surface area contributed by atoms with Gasteiger partial charge in [0.15, 0.2) is 12.4 Å². The lowest BCUT2D eigenvalue weighted by molar-refractivity contribution is -0.705. The van der Waals surface area contributed by atoms with Crippen LogP contribution in [0.4, 0.5) is 5.69 Å². The number of benzene rings is 1. The first-order valence-electron chi connectivity index (χ1n) is 6.83. The van der Waals surface area contributed by atoms with E-state index >= 15 is 0 Å². The maximum absolute atomic E-state index is 12.3. The van der Waals surface area contributed by atoms with Gasteiger partial charge in [0.05, 0.1) is 0 Å². The molecule has 1 heterocycles. The molecular weight excluding hydrogens is 328 g/mol. The number of nitrogens with zero attached hydrogens (tertiary/aromatic N) is 1. The maximum atomic E-state index is 12.3. The summed E-state index contributed by atoms with van der Waals surface area (Å²) in [6, 6.07) is 9.69. The highest BCUT2D eigenvalue weighted by Crippen LogP contribution is 2.15. The molecular formula is C17H21BrN2O. The number of carbonyl (C=O) groups excluding carboxylic acids is 1. The Morgan fingerprint density at radius 1 is 1.14 bits per heavy atom. The van der Waals surface area contributed by atoms with Crippen LogP contribution >= 0.6 is 0 Å². The van der Waals surface area contributed by atoms with Crippen molar-refractivity contribution in [2.75, 3.05) is 5.32 Å². The molecule has 1 aromatic heterocycles. The van der Waals surface area contributed by atoms with Gasteiger partial charge in [-0.3, -0.25) is 4.79 Å². The van der Waals surface area contributed by atoms with E-state index in [2.05, 4.69) is 12.2 Å². The van der Waals surface area contributed by atoms with Gasteiger partial charge in [-0.15, -0.1) is 0 Å². The zero-order valence-corrected chi connectivity index (χ0v) is 14.4. The van der Waals surface area contributed by atoms with Crippen LogP contribution in [0.3, 0.4) is 0 Å². The molecule has 0 aliphatic carbocycles. The second kappa shape index (κ2) is 7.36. The fraction of sp³-hybridized carbons (Fsp3) is 0.294. The molecule has 4 heteroatoms. The average molecular weight is 349 g/mol. The van der Waals surface area contributed by atoms with Gasteiger partial charge in [0.1, 0.15) is 0 Å². The van der Waals surface area contributed by atoms with Gasteiger partial charge < -0.3 is 22.3 Å². The predicted octanol–water partition coefficient (Wildman–Crippen LogP) is 0.103. The van der Waals surface area contributed by atoms with Crippen molar-refractivity contribution in [3.05, 3.63) is 59.4 Å². The molecule has 112 valence electrons. The number of rotatable bonds is 3. The summed E-state index contributed by atoms with van der Waals surface area (Å²) in [4.78, 5) is 12.3. The van der Waals surface area contributed by atoms with E-state index in [1.54, 1.807) is 0 Å². The summed E-state index contributed by atoms with van der Waals surface area (Å²) < 4.78 is 1.92. The van der Waals surface area contributed by atoms with E-state index < -0.39 is 0 Å². The summed E-state index contributed by atoms with van der Waals surface area (Å²) in [7, 11) is 0. The van der Waals surface area contributed by atoms with E-state index in [-0.39, 0.29) is 28.9 Å². The summed E-state index contributed by atoms with van der Waals surface area (Å²) >= 11 is 0. The zero-order valence-electron chi connectivity index (χ0n) is 12.9. The first kappa shape index (κ1) is 17.4. The molecule has 21 heavy (non-hydrogen) atoms. The number of aromatic nitrogens is 1. The lowest BCUT2D eigenvalue weighted by Gasteiger charge is -2.10. The third kappa shape index (κ3) is 4.39. The van der Waals surface area contributed by atoms with E-state index in [0.717, 1.165) is 11.3 Å². The second-order valence-electron chi connectivity index (χ2n) is 5.29. The quantitative estimate of drug-likeness (QED) is 0.784. The number of carbonyl (C=O) groups is 1. The Labute approximate surface area is 136 Å². The highest BCUT2D eigenvalue weighted by molar-refractivity contribution is 5.92. The van der Waals surface area contributed by atoms with Crippen LogP contribution in [0.15, 0.2) is 42.7 Å². The number of hydrogen-bond acceptors (Lipinski definition) is 1. The molecule has 0 radical (unpaired) electrons. The minimum atomic E-state index is -0.239. The zero-order chi connectivity index (χ0) is 14.7. The average Bonchev–Trinajstić information content (AvgIpc) is 2.42. The van der Waals surface area contributed by atoms with Crippen molar-refractivity contribution in [1.82, 2.24) is 0 Å². The number of anilines is 1. The standard InChI is InChI=1S/C17H20N2O.BrH/c1-12-6-5-9-19(11-12)15(4)17(20)18-16-8-7-13(2)14(3)10-16;/h5-11,15H,1-4H3;1H. The summed E-state index contributed by atoms with van der Waals surface area (Å²) in [5.41, 5.74) is 4.39. The number of halogens is 1. The van der Waals surface area contributed by atoms with Crippen LogP contribution < -0.4 is 26.9 Å². The fourth-order valence-corrected chi connectivity index (χ4v) is 2.06. The van der Waals surface area contributed by atoms with Crippen LogP contribution in [0.5, 0.6) is 0 Å². The summed E-state index contributed by atoms with van der Waals surface area (Å²) in [6.07, 6.45) is 3.89. The molecule has 1 amide bonds. The van der Waals surface area contributed by atoms with Gasteiger partial charge in [0.2, 0.25) is 6.04 Å². The largest absolute Gasteiger partial charge is 1.00 e. The topological polar surface area (TPSA) is 33.0 Å². The summed E-state index contributed by atoms with van der Waals surface area (Å²) in [5.74, 6) is -0.0103. The van der Waals surface area contributed by atoms with Crippen molar-refractivity contribution in [2.45, 2.75) is 33.7 Å². The van der Waals surface area contributed by atoms with Gasteiger partial charge in [0, 0.05) is 24.2 Å². The van der Waals surface area contributed by atoms with E-state index in [9.17, 15) is 4.79 Å². The smallest absolute Gasteiger partial charge is 0.293 e. The van der Waals surface area contributed by atoms with Gasteiger partial charge >= 0.3 is 0 Å². The molecule has 0 bridgehead atoms. The van der Waals surface area contributed by atoms with Crippen LogP contribution in [-0.4, -0.2) is 5.91 Å². The van der Waals surface area contributed by atoms with Gasteiger partial charge in [-0.2, -0.15) is 4.57 Å². The summed E-state index contributed by atoms with van der Waals surface area (Å²) in [5, 5.41) is 2.97.